The molecule has 3 heteroatoms. The van der Waals surface area contributed by atoms with Crippen molar-refractivity contribution in [2.75, 3.05) is 0 Å². The molecule has 2 aromatic rings. The van der Waals surface area contributed by atoms with Crippen LogP contribution in [0.15, 0.2) is 47.1 Å². The molecule has 1 heterocycles. The van der Waals surface area contributed by atoms with Crippen LogP contribution in [0.3, 0.4) is 0 Å². The van der Waals surface area contributed by atoms with Crippen molar-refractivity contribution in [2.24, 2.45) is 0 Å². The molecule has 3 nitrogen and oxygen atoms in total. The van der Waals surface area contributed by atoms with Gasteiger partial charge in [0, 0.05) is 5.56 Å². The quantitative estimate of drug-likeness (QED) is 0.898. The zero-order valence-electron chi connectivity index (χ0n) is 11.1. The number of carbonyl (C=O) groups is 1. The fraction of sp³-hybridized carbons (Fsp3) is 0.267. The molecule has 0 unspecified atom stereocenters. The van der Waals surface area contributed by atoms with Gasteiger partial charge in [-0.15, -0.1) is 0 Å². The van der Waals surface area contributed by atoms with Crippen LogP contribution in [0, 0.1) is 6.92 Å². The van der Waals surface area contributed by atoms with Crippen LogP contribution in [-0.4, -0.2) is 5.91 Å². The van der Waals surface area contributed by atoms with Gasteiger partial charge in [-0.1, -0.05) is 31.5 Å². The van der Waals surface area contributed by atoms with Gasteiger partial charge < -0.3 is 9.73 Å². The minimum absolute atomic E-state index is 0.0832. The summed E-state index contributed by atoms with van der Waals surface area (Å²) in [6.45, 7) is 6.38. The maximum absolute atomic E-state index is 11.7. The van der Waals surface area contributed by atoms with Gasteiger partial charge in [0.25, 0.3) is 5.91 Å². The van der Waals surface area contributed by atoms with E-state index >= 15 is 0 Å². The Morgan fingerprint density at radius 1 is 1.22 bits per heavy atom. The van der Waals surface area contributed by atoms with E-state index in [1.807, 2.05) is 45.0 Å². The van der Waals surface area contributed by atoms with Gasteiger partial charge in [0.1, 0.15) is 5.76 Å². The SMILES string of the molecule is CC.Cc1cccc(C(=O)NCc2ccco2)c1. The third-order valence-corrected chi connectivity index (χ3v) is 2.28. The van der Waals surface area contributed by atoms with Gasteiger partial charge in [-0.2, -0.15) is 0 Å². The maximum atomic E-state index is 11.7. The molecule has 0 saturated heterocycles. The highest BCUT2D eigenvalue weighted by atomic mass is 16.3. The van der Waals surface area contributed by atoms with E-state index in [0.717, 1.165) is 11.3 Å². The van der Waals surface area contributed by atoms with Crippen molar-refractivity contribution in [1.29, 1.82) is 0 Å². The lowest BCUT2D eigenvalue weighted by atomic mass is 10.1. The summed E-state index contributed by atoms with van der Waals surface area (Å²) in [5.74, 6) is 0.668. The molecule has 1 amide bonds. The molecule has 0 aliphatic carbocycles. The first-order chi connectivity index (χ1) is 8.75. The monoisotopic (exact) mass is 245 g/mol. The number of nitrogens with one attached hydrogen (secondary N) is 1. The summed E-state index contributed by atoms with van der Waals surface area (Å²) in [5, 5.41) is 2.80. The van der Waals surface area contributed by atoms with E-state index in [1.165, 1.54) is 0 Å². The van der Waals surface area contributed by atoms with Crippen LogP contribution in [0.25, 0.3) is 0 Å². The largest absolute Gasteiger partial charge is 0.467 e. The maximum Gasteiger partial charge on any atom is 0.251 e. The van der Waals surface area contributed by atoms with Crippen molar-refractivity contribution in [2.45, 2.75) is 27.3 Å². The Morgan fingerprint density at radius 2 is 2.00 bits per heavy atom. The van der Waals surface area contributed by atoms with E-state index < -0.39 is 0 Å². The predicted molar refractivity (Wildman–Crippen MR) is 72.4 cm³/mol. The number of benzene rings is 1. The normalized spacial score (nSPS) is 9.28. The number of amides is 1. The lowest BCUT2D eigenvalue weighted by Crippen LogP contribution is -2.22. The standard InChI is InChI=1S/C13H13NO2.C2H6/c1-10-4-2-5-11(8-10)13(15)14-9-12-6-3-7-16-12;1-2/h2-8H,9H2,1H3,(H,14,15);1-2H3. The van der Waals surface area contributed by atoms with Crippen molar-refractivity contribution in [1.82, 2.24) is 5.32 Å². The van der Waals surface area contributed by atoms with E-state index in [2.05, 4.69) is 5.32 Å². The highest BCUT2D eigenvalue weighted by Gasteiger charge is 2.05. The molecular formula is C15H19NO2. The second kappa shape index (κ2) is 7.33. The fourth-order valence-corrected chi connectivity index (χ4v) is 1.47. The number of hydrogen-bond acceptors (Lipinski definition) is 2. The molecule has 0 bridgehead atoms. The van der Waals surface area contributed by atoms with Crippen LogP contribution < -0.4 is 5.32 Å². The summed E-state index contributed by atoms with van der Waals surface area (Å²) in [4.78, 5) is 11.7. The molecule has 0 spiro atoms. The average molecular weight is 245 g/mol. The lowest BCUT2D eigenvalue weighted by molar-refractivity contribution is 0.0948. The van der Waals surface area contributed by atoms with Crippen molar-refractivity contribution < 1.29 is 9.21 Å². The Hall–Kier alpha value is -2.03. The topological polar surface area (TPSA) is 42.2 Å². The highest BCUT2D eigenvalue weighted by Crippen LogP contribution is 2.05. The predicted octanol–water partition coefficient (Wildman–Crippen LogP) is 3.54. The average Bonchev–Trinajstić information content (AvgIpc) is 2.91. The number of carbonyl (C=O) groups excluding carboxylic acids is 1. The highest BCUT2D eigenvalue weighted by molar-refractivity contribution is 5.94. The third kappa shape index (κ3) is 4.09. The first-order valence-corrected chi connectivity index (χ1v) is 6.13. The van der Waals surface area contributed by atoms with Crippen LogP contribution >= 0.6 is 0 Å². The van der Waals surface area contributed by atoms with Crippen molar-refractivity contribution in [3.8, 4) is 0 Å². The molecule has 0 aliphatic rings. The van der Waals surface area contributed by atoms with Gasteiger partial charge in [0.05, 0.1) is 12.8 Å². The zero-order chi connectivity index (χ0) is 13.4. The van der Waals surface area contributed by atoms with Gasteiger partial charge in [0.2, 0.25) is 0 Å². The van der Waals surface area contributed by atoms with E-state index in [-0.39, 0.29) is 5.91 Å². The smallest absolute Gasteiger partial charge is 0.251 e. The summed E-state index contributed by atoms with van der Waals surface area (Å²) < 4.78 is 5.13. The number of aryl methyl sites for hydroxylation is 1. The fourth-order valence-electron chi connectivity index (χ4n) is 1.47. The molecule has 0 aliphatic heterocycles. The minimum atomic E-state index is -0.0832. The molecule has 18 heavy (non-hydrogen) atoms. The summed E-state index contributed by atoms with van der Waals surface area (Å²) in [7, 11) is 0. The van der Waals surface area contributed by atoms with Crippen molar-refractivity contribution in [3.05, 3.63) is 59.5 Å². The Balaban J connectivity index is 0.000000771. The molecular weight excluding hydrogens is 226 g/mol. The molecule has 1 aromatic carbocycles. The molecule has 1 aromatic heterocycles. The molecule has 0 atom stereocenters. The van der Waals surface area contributed by atoms with E-state index in [1.54, 1.807) is 18.4 Å². The Morgan fingerprint density at radius 3 is 2.61 bits per heavy atom. The Kier molecular flexibility index (Phi) is 5.71. The second-order valence-corrected chi connectivity index (χ2v) is 3.63. The number of furan rings is 1. The van der Waals surface area contributed by atoms with Crippen LogP contribution in [-0.2, 0) is 6.54 Å². The second-order valence-electron chi connectivity index (χ2n) is 3.63. The van der Waals surface area contributed by atoms with Crippen LogP contribution in [0.5, 0.6) is 0 Å². The summed E-state index contributed by atoms with van der Waals surface area (Å²) in [5.41, 5.74) is 1.75. The first kappa shape index (κ1) is 14.0. The van der Waals surface area contributed by atoms with Crippen molar-refractivity contribution in [3.63, 3.8) is 0 Å². The van der Waals surface area contributed by atoms with Crippen LogP contribution in [0.4, 0.5) is 0 Å². The van der Waals surface area contributed by atoms with Gasteiger partial charge in [-0.05, 0) is 31.2 Å². The molecule has 1 N–H and O–H groups in total. The molecule has 0 radical (unpaired) electrons. The van der Waals surface area contributed by atoms with Crippen LogP contribution in [0.2, 0.25) is 0 Å². The Bertz CT molecular complexity index is 475. The number of rotatable bonds is 3. The third-order valence-electron chi connectivity index (χ3n) is 2.28. The summed E-state index contributed by atoms with van der Waals surface area (Å²) in [6.07, 6.45) is 1.59. The van der Waals surface area contributed by atoms with E-state index in [4.69, 9.17) is 4.42 Å². The summed E-state index contributed by atoms with van der Waals surface area (Å²) in [6, 6.07) is 11.1. The van der Waals surface area contributed by atoms with Gasteiger partial charge in [-0.25, -0.2) is 0 Å². The molecule has 0 saturated carbocycles. The molecule has 0 fully saturated rings. The lowest BCUT2D eigenvalue weighted by Gasteiger charge is -2.03. The van der Waals surface area contributed by atoms with Gasteiger partial charge in [-0.3, -0.25) is 4.79 Å². The molecule has 2 rings (SSSR count). The summed E-state index contributed by atoms with van der Waals surface area (Å²) >= 11 is 0. The molecule has 96 valence electrons. The van der Waals surface area contributed by atoms with E-state index in [0.29, 0.717) is 12.1 Å². The van der Waals surface area contributed by atoms with Crippen molar-refractivity contribution >= 4 is 5.91 Å². The Labute approximate surface area is 108 Å². The van der Waals surface area contributed by atoms with E-state index in [9.17, 15) is 4.79 Å². The number of hydrogen-bond donors (Lipinski definition) is 1. The zero-order valence-corrected chi connectivity index (χ0v) is 11.1. The van der Waals surface area contributed by atoms with Gasteiger partial charge >= 0.3 is 0 Å². The minimum Gasteiger partial charge on any atom is -0.467 e. The van der Waals surface area contributed by atoms with Crippen LogP contribution in [0.1, 0.15) is 35.5 Å². The first-order valence-electron chi connectivity index (χ1n) is 6.13. The van der Waals surface area contributed by atoms with Gasteiger partial charge in [0.15, 0.2) is 0 Å².